The minimum atomic E-state index is -4.63. The van der Waals surface area contributed by atoms with Gasteiger partial charge in [0.05, 0.1) is 5.02 Å². The van der Waals surface area contributed by atoms with E-state index in [2.05, 4.69) is 4.98 Å². The molecule has 1 aromatic rings. The molecule has 0 unspecified atom stereocenters. The molecule has 4 nitrogen and oxygen atoms in total. The van der Waals surface area contributed by atoms with Crippen molar-refractivity contribution >= 4 is 21.6 Å². The van der Waals surface area contributed by atoms with Gasteiger partial charge in [-0.25, -0.2) is 8.42 Å². The Balaban J connectivity index is 3.21. The second-order valence-corrected chi connectivity index (χ2v) is 6.93. The van der Waals surface area contributed by atoms with Crippen molar-refractivity contribution in [3.8, 4) is 0 Å². The van der Waals surface area contributed by atoms with Gasteiger partial charge in [0.1, 0.15) is 11.4 Å². The van der Waals surface area contributed by atoms with E-state index in [4.69, 9.17) is 11.6 Å². The lowest BCUT2D eigenvalue weighted by Crippen LogP contribution is -2.41. The fourth-order valence-electron chi connectivity index (χ4n) is 1.55. The van der Waals surface area contributed by atoms with Crippen molar-refractivity contribution in [3.05, 3.63) is 23.5 Å². The highest BCUT2D eigenvalue weighted by Gasteiger charge is 2.38. The van der Waals surface area contributed by atoms with Gasteiger partial charge in [-0.05, 0) is 12.0 Å². The van der Waals surface area contributed by atoms with E-state index < -0.39 is 27.6 Å². The third-order valence-electron chi connectivity index (χ3n) is 2.28. The van der Waals surface area contributed by atoms with Crippen LogP contribution in [0.5, 0.6) is 0 Å². The molecule has 0 aromatic carbocycles. The lowest BCUT2D eigenvalue weighted by Gasteiger charge is -2.25. The SMILES string of the molecule is CC(C)CN(CC(F)(F)F)S(=O)(=O)c1cnccc1Cl. The lowest BCUT2D eigenvalue weighted by atomic mass is 10.2. The van der Waals surface area contributed by atoms with E-state index in [1.807, 2.05) is 0 Å². The van der Waals surface area contributed by atoms with E-state index >= 15 is 0 Å². The highest BCUT2D eigenvalue weighted by molar-refractivity contribution is 7.89. The van der Waals surface area contributed by atoms with Crippen molar-refractivity contribution in [1.29, 1.82) is 0 Å². The van der Waals surface area contributed by atoms with Crippen molar-refractivity contribution in [2.24, 2.45) is 5.92 Å². The Bertz CT molecular complexity index is 561. The number of sulfonamides is 1. The Morgan fingerprint density at radius 1 is 1.40 bits per heavy atom. The van der Waals surface area contributed by atoms with Crippen LogP contribution < -0.4 is 0 Å². The van der Waals surface area contributed by atoms with Gasteiger partial charge in [0.2, 0.25) is 10.0 Å². The van der Waals surface area contributed by atoms with Crippen LogP contribution in [0.1, 0.15) is 13.8 Å². The summed E-state index contributed by atoms with van der Waals surface area (Å²) in [7, 11) is -4.34. The molecule has 0 saturated heterocycles. The van der Waals surface area contributed by atoms with Gasteiger partial charge in [-0.1, -0.05) is 25.4 Å². The summed E-state index contributed by atoms with van der Waals surface area (Å²) in [5.41, 5.74) is 0. The molecular formula is C11H14ClF3N2O2S. The van der Waals surface area contributed by atoms with Gasteiger partial charge in [0, 0.05) is 18.9 Å². The summed E-state index contributed by atoms with van der Waals surface area (Å²) in [6, 6.07) is 1.22. The zero-order chi connectivity index (χ0) is 15.6. The largest absolute Gasteiger partial charge is 0.402 e. The van der Waals surface area contributed by atoms with Gasteiger partial charge in [-0.15, -0.1) is 0 Å². The maximum atomic E-state index is 12.5. The molecular weight excluding hydrogens is 317 g/mol. The molecule has 0 radical (unpaired) electrons. The first-order valence-electron chi connectivity index (χ1n) is 5.70. The van der Waals surface area contributed by atoms with E-state index in [9.17, 15) is 21.6 Å². The Morgan fingerprint density at radius 2 is 2.00 bits per heavy atom. The average molecular weight is 331 g/mol. The predicted molar refractivity (Wildman–Crippen MR) is 68.9 cm³/mol. The number of pyridine rings is 1. The summed E-state index contributed by atoms with van der Waals surface area (Å²) in [5, 5.41) is -0.157. The molecule has 0 bridgehead atoms. The number of hydrogen-bond acceptors (Lipinski definition) is 3. The third kappa shape index (κ3) is 4.60. The van der Waals surface area contributed by atoms with Crippen LogP contribution >= 0.6 is 11.6 Å². The van der Waals surface area contributed by atoms with Crippen LogP contribution in [-0.2, 0) is 10.0 Å². The van der Waals surface area contributed by atoms with Crippen molar-refractivity contribution in [2.45, 2.75) is 24.9 Å². The lowest BCUT2D eigenvalue weighted by molar-refractivity contribution is -0.136. The van der Waals surface area contributed by atoms with Gasteiger partial charge in [0.25, 0.3) is 0 Å². The van der Waals surface area contributed by atoms with Gasteiger partial charge < -0.3 is 0 Å². The molecule has 0 atom stereocenters. The van der Waals surface area contributed by atoms with Crippen molar-refractivity contribution in [1.82, 2.24) is 9.29 Å². The molecule has 0 aliphatic rings. The first-order chi connectivity index (χ1) is 9.04. The number of nitrogens with zero attached hydrogens (tertiary/aromatic N) is 2. The molecule has 0 fully saturated rings. The summed E-state index contributed by atoms with van der Waals surface area (Å²) in [5.74, 6) is -0.262. The smallest absolute Gasteiger partial charge is 0.263 e. The van der Waals surface area contributed by atoms with Crippen LogP contribution in [0.4, 0.5) is 13.2 Å². The van der Waals surface area contributed by atoms with Crippen LogP contribution in [0.3, 0.4) is 0 Å². The number of rotatable bonds is 5. The average Bonchev–Trinajstić information content (AvgIpc) is 2.25. The van der Waals surface area contributed by atoms with Crippen LogP contribution in [0.2, 0.25) is 5.02 Å². The normalized spacial score (nSPS) is 13.2. The predicted octanol–water partition coefficient (Wildman–Crippen LogP) is 2.94. The molecule has 1 aromatic heterocycles. The molecule has 0 aliphatic carbocycles. The van der Waals surface area contributed by atoms with Crippen LogP contribution in [0.25, 0.3) is 0 Å². The maximum Gasteiger partial charge on any atom is 0.402 e. The van der Waals surface area contributed by atoms with Gasteiger partial charge in [-0.2, -0.15) is 17.5 Å². The topological polar surface area (TPSA) is 50.3 Å². The molecule has 1 heterocycles. The maximum absolute atomic E-state index is 12.5. The fraction of sp³-hybridized carbons (Fsp3) is 0.545. The summed E-state index contributed by atoms with van der Waals surface area (Å²) in [6.45, 7) is 1.44. The van der Waals surface area contributed by atoms with Crippen molar-refractivity contribution in [3.63, 3.8) is 0 Å². The minimum absolute atomic E-state index is 0.157. The van der Waals surface area contributed by atoms with E-state index in [1.165, 1.54) is 12.3 Å². The molecule has 0 amide bonds. The zero-order valence-corrected chi connectivity index (χ0v) is 12.4. The fourth-order valence-corrected chi connectivity index (χ4v) is 3.54. The third-order valence-corrected chi connectivity index (χ3v) is 4.56. The zero-order valence-electron chi connectivity index (χ0n) is 10.9. The summed E-state index contributed by atoms with van der Waals surface area (Å²) in [6.07, 6.45) is -2.42. The Kier molecular flexibility index (Phi) is 5.39. The molecule has 0 spiro atoms. The van der Waals surface area contributed by atoms with Crippen LogP contribution in [-0.4, -0.2) is 37.0 Å². The molecule has 0 saturated carbocycles. The van der Waals surface area contributed by atoms with E-state index in [-0.39, 0.29) is 17.5 Å². The Morgan fingerprint density at radius 3 is 2.45 bits per heavy atom. The Hall–Kier alpha value is -0.860. The van der Waals surface area contributed by atoms with E-state index in [0.29, 0.717) is 4.31 Å². The van der Waals surface area contributed by atoms with Crippen LogP contribution in [0, 0.1) is 5.92 Å². The first kappa shape index (κ1) is 17.2. The highest BCUT2D eigenvalue weighted by atomic mass is 35.5. The number of aromatic nitrogens is 1. The summed E-state index contributed by atoms with van der Waals surface area (Å²) in [4.78, 5) is 3.17. The molecule has 9 heteroatoms. The van der Waals surface area contributed by atoms with Crippen LogP contribution in [0.15, 0.2) is 23.4 Å². The first-order valence-corrected chi connectivity index (χ1v) is 7.52. The van der Waals surface area contributed by atoms with Crippen molar-refractivity contribution in [2.75, 3.05) is 13.1 Å². The van der Waals surface area contributed by atoms with Gasteiger partial charge >= 0.3 is 6.18 Å². The second-order valence-electron chi connectivity index (χ2n) is 4.61. The number of alkyl halides is 3. The molecule has 0 N–H and O–H groups in total. The molecule has 0 aliphatic heterocycles. The standard InChI is InChI=1S/C11H14ClF3N2O2S/c1-8(2)6-17(7-11(13,14)15)20(18,19)10-5-16-4-3-9(10)12/h3-5,8H,6-7H2,1-2H3. The number of hydrogen-bond donors (Lipinski definition) is 0. The minimum Gasteiger partial charge on any atom is -0.263 e. The molecule has 20 heavy (non-hydrogen) atoms. The second kappa shape index (κ2) is 6.28. The van der Waals surface area contributed by atoms with Gasteiger partial charge in [-0.3, -0.25) is 4.98 Å². The highest BCUT2D eigenvalue weighted by Crippen LogP contribution is 2.27. The number of halogens is 4. The molecule has 1 rings (SSSR count). The quantitative estimate of drug-likeness (QED) is 0.834. The monoisotopic (exact) mass is 330 g/mol. The Labute approximate surface area is 120 Å². The van der Waals surface area contributed by atoms with Gasteiger partial charge in [0.15, 0.2) is 0 Å². The molecule has 114 valence electrons. The van der Waals surface area contributed by atoms with Crippen molar-refractivity contribution < 1.29 is 21.6 Å². The summed E-state index contributed by atoms with van der Waals surface area (Å²) < 4.78 is 62.6. The van der Waals surface area contributed by atoms with E-state index in [0.717, 1.165) is 6.20 Å². The summed E-state index contributed by atoms with van der Waals surface area (Å²) >= 11 is 5.73. The van der Waals surface area contributed by atoms with E-state index in [1.54, 1.807) is 13.8 Å².